The Labute approximate surface area is 237 Å². The van der Waals surface area contributed by atoms with Crippen LogP contribution in [0.3, 0.4) is 0 Å². The van der Waals surface area contributed by atoms with Gasteiger partial charge in [-0.2, -0.15) is 9.97 Å². The fourth-order valence-corrected chi connectivity index (χ4v) is 5.79. The van der Waals surface area contributed by atoms with Crippen LogP contribution in [0.25, 0.3) is 0 Å². The average molecular weight is 673 g/mol. The summed E-state index contributed by atoms with van der Waals surface area (Å²) in [5.74, 6) is 0.0828. The molecule has 0 aromatic carbocycles. The second-order valence-electron chi connectivity index (χ2n) is 5.37. The summed E-state index contributed by atoms with van der Waals surface area (Å²) in [5.41, 5.74) is 0. The first-order valence-electron chi connectivity index (χ1n) is 8.86. The molecule has 0 saturated carbocycles. The Bertz CT molecular complexity index is 1070. The van der Waals surface area contributed by atoms with Crippen LogP contribution < -0.4 is 9.05 Å². The van der Waals surface area contributed by atoms with Gasteiger partial charge in [0.1, 0.15) is 10.0 Å². The van der Waals surface area contributed by atoms with Crippen molar-refractivity contribution in [3.63, 3.8) is 0 Å². The van der Waals surface area contributed by atoms with Crippen molar-refractivity contribution in [2.24, 2.45) is 0 Å². The van der Waals surface area contributed by atoms with Crippen LogP contribution in [0.15, 0.2) is 12.1 Å². The van der Waals surface area contributed by atoms with Gasteiger partial charge in [-0.05, 0) is 26.0 Å². The lowest BCUT2D eigenvalue weighted by molar-refractivity contribution is 0.216. The van der Waals surface area contributed by atoms with E-state index < -0.39 is 13.4 Å². The third kappa shape index (κ3) is 10.3. The Morgan fingerprint density at radius 2 is 1.03 bits per heavy atom. The van der Waals surface area contributed by atoms with E-state index in [9.17, 15) is 0 Å². The van der Waals surface area contributed by atoms with Crippen LogP contribution in [0.5, 0.6) is 11.8 Å². The number of hydrogen-bond donors (Lipinski definition) is 0. The smallest absolute Gasteiger partial charge is 0.381 e. The largest absolute Gasteiger partial charge is 0.404 e. The number of halogens is 6. The average Bonchev–Trinajstić information content (AvgIpc) is 2.76. The molecule has 0 radical (unpaired) electrons. The van der Waals surface area contributed by atoms with Crippen molar-refractivity contribution < 1.29 is 27.1 Å². The number of nitrogens with zero attached hydrogens (tertiary/aromatic N) is 2. The summed E-state index contributed by atoms with van der Waals surface area (Å²) in [6.07, 6.45) is 0. The standard InChI is InChI=1S/C9H11Cl3NO3PS.C7H7Cl3NO3PS/c1-3-14-17(18,15-4-2)16-9-7(11)5-6(10)8(12)13-9;1-12-15(16,13-2)14-7-5(9)3-4(8)6(10)11-7/h5H,3-4H2,1-2H3;3H,1-2H3. The van der Waals surface area contributed by atoms with E-state index >= 15 is 0 Å². The normalized spacial score (nSPS) is 11.6. The summed E-state index contributed by atoms with van der Waals surface area (Å²) >= 11 is 44.9. The minimum absolute atomic E-state index is 0.0306. The predicted molar refractivity (Wildman–Crippen MR) is 146 cm³/mol. The van der Waals surface area contributed by atoms with E-state index in [1.165, 1.54) is 26.4 Å². The van der Waals surface area contributed by atoms with Gasteiger partial charge in [-0.15, -0.1) is 0 Å². The van der Waals surface area contributed by atoms with E-state index in [0.29, 0.717) is 13.2 Å². The first kappa shape index (κ1) is 32.8. The summed E-state index contributed by atoms with van der Waals surface area (Å²) < 4.78 is 31.2. The van der Waals surface area contributed by atoms with Gasteiger partial charge in [0.25, 0.3) is 0 Å². The molecular weight excluding hydrogens is 655 g/mol. The molecule has 2 aromatic rings. The van der Waals surface area contributed by atoms with Gasteiger partial charge in [0.15, 0.2) is 10.3 Å². The quantitative estimate of drug-likeness (QED) is 0.181. The zero-order valence-corrected chi connectivity index (χ0v) is 25.8. The van der Waals surface area contributed by atoms with E-state index in [2.05, 4.69) is 9.97 Å². The summed E-state index contributed by atoms with van der Waals surface area (Å²) in [4.78, 5) is 7.74. The fraction of sp³-hybridized carbons (Fsp3) is 0.375. The summed E-state index contributed by atoms with van der Waals surface area (Å²) in [6, 6.07) is 2.82. The molecule has 0 spiro atoms. The first-order valence-corrected chi connectivity index (χ1v) is 16.2. The molecule has 192 valence electrons. The van der Waals surface area contributed by atoms with E-state index in [-0.39, 0.29) is 42.2 Å². The zero-order valence-electron chi connectivity index (χ0n) is 17.9. The fourth-order valence-electron chi connectivity index (χ4n) is 1.75. The molecule has 0 aliphatic heterocycles. The molecule has 2 heterocycles. The topological polar surface area (TPSA) is 81.2 Å². The van der Waals surface area contributed by atoms with E-state index in [1.54, 1.807) is 13.8 Å². The molecule has 0 N–H and O–H groups in total. The molecule has 34 heavy (non-hydrogen) atoms. The van der Waals surface area contributed by atoms with Gasteiger partial charge in [-0.3, -0.25) is 9.05 Å². The second-order valence-corrected chi connectivity index (χ2v) is 13.8. The van der Waals surface area contributed by atoms with Crippen LogP contribution in [0.4, 0.5) is 0 Å². The van der Waals surface area contributed by atoms with E-state index in [0.717, 1.165) is 0 Å². The van der Waals surface area contributed by atoms with Crippen molar-refractivity contribution in [2.45, 2.75) is 13.8 Å². The van der Waals surface area contributed by atoms with Crippen LogP contribution in [-0.4, -0.2) is 37.4 Å². The minimum Gasteiger partial charge on any atom is -0.404 e. The highest BCUT2D eigenvalue weighted by atomic mass is 35.5. The summed E-state index contributed by atoms with van der Waals surface area (Å²) in [7, 11) is 2.74. The molecule has 0 saturated heterocycles. The predicted octanol–water partition coefficient (Wildman–Crippen LogP) is 8.66. The first-order chi connectivity index (χ1) is 15.8. The maximum atomic E-state index is 5.94. The van der Waals surface area contributed by atoms with Crippen LogP contribution in [0.2, 0.25) is 30.4 Å². The lowest BCUT2D eigenvalue weighted by Gasteiger charge is -2.20. The van der Waals surface area contributed by atoms with E-state index in [1.807, 2.05) is 0 Å². The van der Waals surface area contributed by atoms with Crippen molar-refractivity contribution in [1.29, 1.82) is 0 Å². The third-order valence-corrected chi connectivity index (χ3v) is 9.83. The molecule has 18 heteroatoms. The molecule has 0 aliphatic carbocycles. The molecule has 2 rings (SSSR count). The van der Waals surface area contributed by atoms with Crippen LogP contribution in [-0.2, 0) is 41.7 Å². The highest BCUT2D eigenvalue weighted by Crippen LogP contribution is 2.51. The minimum atomic E-state index is -2.92. The lowest BCUT2D eigenvalue weighted by atomic mass is 10.5. The van der Waals surface area contributed by atoms with Crippen LogP contribution in [0, 0.1) is 0 Å². The van der Waals surface area contributed by atoms with Crippen molar-refractivity contribution in [3.05, 3.63) is 42.5 Å². The van der Waals surface area contributed by atoms with Gasteiger partial charge in [0.2, 0.25) is 11.8 Å². The molecule has 0 unspecified atom stereocenters. The number of aromatic nitrogens is 2. The maximum absolute atomic E-state index is 5.94. The van der Waals surface area contributed by atoms with Crippen molar-refractivity contribution >= 4 is 107 Å². The van der Waals surface area contributed by atoms with Crippen molar-refractivity contribution in [2.75, 3.05) is 27.4 Å². The Morgan fingerprint density at radius 1 is 0.676 bits per heavy atom. The Hall–Kier alpha value is 0.780. The van der Waals surface area contributed by atoms with Gasteiger partial charge >= 0.3 is 13.4 Å². The summed E-state index contributed by atoms with van der Waals surface area (Å²) in [5, 5.41) is 0.966. The van der Waals surface area contributed by atoms with Gasteiger partial charge in [0.05, 0.1) is 23.3 Å². The third-order valence-electron chi connectivity index (χ3n) is 3.13. The Kier molecular flexibility index (Phi) is 14.7. The van der Waals surface area contributed by atoms with Crippen LogP contribution >= 0.6 is 83.0 Å². The van der Waals surface area contributed by atoms with Crippen LogP contribution in [0.1, 0.15) is 13.8 Å². The molecule has 0 bridgehead atoms. The maximum Gasteiger partial charge on any atom is 0.381 e. The Balaban J connectivity index is 0.000000342. The zero-order chi connectivity index (χ0) is 26.1. The van der Waals surface area contributed by atoms with Gasteiger partial charge < -0.3 is 18.1 Å². The Morgan fingerprint density at radius 3 is 1.35 bits per heavy atom. The number of rotatable bonds is 10. The van der Waals surface area contributed by atoms with Gasteiger partial charge in [-0.25, -0.2) is 0 Å². The van der Waals surface area contributed by atoms with Crippen molar-refractivity contribution in [1.82, 2.24) is 9.97 Å². The molecule has 0 fully saturated rings. The molecule has 0 atom stereocenters. The van der Waals surface area contributed by atoms with E-state index in [4.69, 9.17) is 120 Å². The SMILES string of the molecule is CCOP(=S)(OCC)Oc1nc(Cl)c(Cl)cc1Cl.COP(=S)(OC)Oc1nc(Cl)c(Cl)cc1Cl. The van der Waals surface area contributed by atoms with Crippen molar-refractivity contribution in [3.8, 4) is 11.8 Å². The monoisotopic (exact) mass is 670 g/mol. The molecule has 0 amide bonds. The van der Waals surface area contributed by atoms with Gasteiger partial charge in [-0.1, -0.05) is 69.6 Å². The summed E-state index contributed by atoms with van der Waals surface area (Å²) in [6.45, 7) is -1.51. The molecule has 2 aromatic heterocycles. The molecular formula is C16H18Cl6N2O6P2S2. The lowest BCUT2D eigenvalue weighted by Crippen LogP contribution is -2.03. The molecule has 0 aliphatic rings. The second kappa shape index (κ2) is 15.3. The molecule has 8 nitrogen and oxygen atoms in total. The highest BCUT2D eigenvalue weighted by Gasteiger charge is 2.24. The van der Waals surface area contributed by atoms with Gasteiger partial charge in [0, 0.05) is 37.8 Å². The highest BCUT2D eigenvalue weighted by molar-refractivity contribution is 8.08. The number of pyridine rings is 2. The number of hydrogen-bond acceptors (Lipinski definition) is 10.